The number of hydrogen-bond donors (Lipinski definition) is 0. The summed E-state index contributed by atoms with van der Waals surface area (Å²) in [6.45, 7) is 8.82. The molecule has 0 aromatic rings. The highest BCUT2D eigenvalue weighted by atomic mass is 16.3. The van der Waals surface area contributed by atoms with Gasteiger partial charge in [0.25, 0.3) is 0 Å². The van der Waals surface area contributed by atoms with Crippen molar-refractivity contribution in [2.24, 2.45) is 5.92 Å². The first kappa shape index (κ1) is 20.0. The van der Waals surface area contributed by atoms with Gasteiger partial charge in [-0.2, -0.15) is 0 Å². The van der Waals surface area contributed by atoms with Crippen molar-refractivity contribution < 1.29 is 5.11 Å². The van der Waals surface area contributed by atoms with Crippen molar-refractivity contribution in [2.75, 3.05) is 0 Å². The van der Waals surface area contributed by atoms with Crippen LogP contribution in [0.2, 0.25) is 0 Å². The highest BCUT2D eigenvalue weighted by Crippen LogP contribution is 2.35. The van der Waals surface area contributed by atoms with Crippen LogP contribution >= 0.6 is 0 Å². The maximum Gasteiger partial charge on any atom is 0.106 e. The summed E-state index contributed by atoms with van der Waals surface area (Å²) >= 11 is 0. The zero-order chi connectivity index (χ0) is 15.3. The van der Waals surface area contributed by atoms with E-state index >= 15 is 0 Å². The standard InChI is InChI=1S/C19H39O/c1-5-9-10-11-12-13-15-18(14-6-2)19(20,16-7-3)17-8-4/h18H,5-17H2,1-4H3. The van der Waals surface area contributed by atoms with Gasteiger partial charge < -0.3 is 0 Å². The molecule has 0 aromatic carbocycles. The molecule has 20 heavy (non-hydrogen) atoms. The van der Waals surface area contributed by atoms with Gasteiger partial charge in [0.15, 0.2) is 0 Å². The smallest absolute Gasteiger partial charge is 0.106 e. The fourth-order valence-corrected chi connectivity index (χ4v) is 3.57. The molecule has 0 aliphatic rings. The number of rotatable bonds is 14. The molecule has 121 valence electrons. The molecule has 0 aliphatic carbocycles. The molecule has 0 spiro atoms. The molecule has 0 saturated carbocycles. The van der Waals surface area contributed by atoms with E-state index in [2.05, 4.69) is 27.7 Å². The Labute approximate surface area is 128 Å². The van der Waals surface area contributed by atoms with Crippen LogP contribution < -0.4 is 0 Å². The van der Waals surface area contributed by atoms with Gasteiger partial charge in [-0.25, -0.2) is 5.11 Å². The van der Waals surface area contributed by atoms with E-state index in [9.17, 15) is 5.11 Å². The van der Waals surface area contributed by atoms with Gasteiger partial charge in [0.1, 0.15) is 5.60 Å². The molecule has 0 bridgehead atoms. The maximum atomic E-state index is 13.2. The molecule has 0 rings (SSSR count). The quantitative estimate of drug-likeness (QED) is 0.308. The maximum absolute atomic E-state index is 13.2. The van der Waals surface area contributed by atoms with Gasteiger partial charge in [-0.3, -0.25) is 0 Å². The SMILES string of the molecule is CCCCCCCCC(CCC)C([O])(CCC)CCC. The predicted octanol–water partition coefficient (Wildman–Crippen LogP) is 6.92. The normalized spacial score (nSPS) is 13.7. The van der Waals surface area contributed by atoms with Gasteiger partial charge in [-0.05, 0) is 31.6 Å². The van der Waals surface area contributed by atoms with Crippen molar-refractivity contribution in [1.82, 2.24) is 0 Å². The summed E-state index contributed by atoms with van der Waals surface area (Å²) in [5, 5.41) is 13.2. The fraction of sp³-hybridized carbons (Fsp3) is 1.00. The van der Waals surface area contributed by atoms with E-state index < -0.39 is 5.60 Å². The van der Waals surface area contributed by atoms with Crippen LogP contribution in [0.1, 0.15) is 111 Å². The topological polar surface area (TPSA) is 19.9 Å². The van der Waals surface area contributed by atoms with Gasteiger partial charge in [-0.1, -0.05) is 85.5 Å². The van der Waals surface area contributed by atoms with E-state index in [1.165, 1.54) is 44.9 Å². The minimum Gasteiger partial charge on any atom is -0.229 e. The third-order valence-corrected chi connectivity index (χ3v) is 4.63. The molecular formula is C19H39O. The third kappa shape index (κ3) is 8.29. The fourth-order valence-electron chi connectivity index (χ4n) is 3.57. The van der Waals surface area contributed by atoms with Crippen LogP contribution in [0, 0.1) is 5.92 Å². The molecule has 0 saturated heterocycles. The number of hydrogen-bond acceptors (Lipinski definition) is 0. The largest absolute Gasteiger partial charge is 0.229 e. The lowest BCUT2D eigenvalue weighted by molar-refractivity contribution is -0.0974. The van der Waals surface area contributed by atoms with Crippen LogP contribution in [0.3, 0.4) is 0 Å². The summed E-state index contributed by atoms with van der Waals surface area (Å²) in [6.07, 6.45) is 15.3. The van der Waals surface area contributed by atoms with Gasteiger partial charge in [-0.15, -0.1) is 0 Å². The Morgan fingerprint density at radius 3 is 1.70 bits per heavy atom. The van der Waals surface area contributed by atoms with E-state index in [-0.39, 0.29) is 0 Å². The summed E-state index contributed by atoms with van der Waals surface area (Å²) in [4.78, 5) is 0. The summed E-state index contributed by atoms with van der Waals surface area (Å²) in [7, 11) is 0. The summed E-state index contributed by atoms with van der Waals surface area (Å²) in [6, 6.07) is 0. The van der Waals surface area contributed by atoms with Crippen LogP contribution in [-0.4, -0.2) is 5.60 Å². The summed E-state index contributed by atoms with van der Waals surface area (Å²) < 4.78 is 0. The monoisotopic (exact) mass is 283 g/mol. The van der Waals surface area contributed by atoms with Crippen LogP contribution in [0.25, 0.3) is 0 Å². The molecule has 0 amide bonds. The van der Waals surface area contributed by atoms with Gasteiger partial charge in [0.05, 0.1) is 0 Å². The zero-order valence-corrected chi connectivity index (χ0v) is 14.7. The van der Waals surface area contributed by atoms with Crippen molar-refractivity contribution in [2.45, 2.75) is 117 Å². The first-order chi connectivity index (χ1) is 9.64. The first-order valence-corrected chi connectivity index (χ1v) is 9.34. The van der Waals surface area contributed by atoms with Gasteiger partial charge in [0.2, 0.25) is 0 Å². The molecule has 1 heteroatoms. The van der Waals surface area contributed by atoms with Crippen LogP contribution in [0.15, 0.2) is 0 Å². The van der Waals surface area contributed by atoms with Crippen molar-refractivity contribution >= 4 is 0 Å². The summed E-state index contributed by atoms with van der Waals surface area (Å²) in [5.74, 6) is 0.415. The average molecular weight is 284 g/mol. The highest BCUT2D eigenvalue weighted by molar-refractivity contribution is 4.85. The first-order valence-electron chi connectivity index (χ1n) is 9.34. The second kappa shape index (κ2) is 12.7. The Kier molecular flexibility index (Phi) is 12.7. The van der Waals surface area contributed by atoms with Crippen molar-refractivity contribution in [3.8, 4) is 0 Å². The molecular weight excluding hydrogens is 244 g/mol. The van der Waals surface area contributed by atoms with E-state index in [4.69, 9.17) is 0 Å². The van der Waals surface area contributed by atoms with Gasteiger partial charge in [0, 0.05) is 0 Å². The molecule has 1 unspecified atom stereocenters. The Morgan fingerprint density at radius 2 is 1.20 bits per heavy atom. The minimum atomic E-state index is -0.636. The summed E-state index contributed by atoms with van der Waals surface area (Å²) in [5.41, 5.74) is -0.636. The van der Waals surface area contributed by atoms with Gasteiger partial charge >= 0.3 is 0 Å². The lowest BCUT2D eigenvalue weighted by atomic mass is 9.75. The van der Waals surface area contributed by atoms with E-state index in [0.29, 0.717) is 5.92 Å². The molecule has 1 nitrogen and oxygen atoms in total. The Morgan fingerprint density at radius 1 is 0.650 bits per heavy atom. The molecule has 1 radical (unpaired) electrons. The Bertz CT molecular complexity index is 194. The lowest BCUT2D eigenvalue weighted by Gasteiger charge is -2.34. The second-order valence-electron chi connectivity index (χ2n) is 6.61. The highest BCUT2D eigenvalue weighted by Gasteiger charge is 2.35. The number of unbranched alkanes of at least 4 members (excludes halogenated alkanes) is 5. The third-order valence-electron chi connectivity index (χ3n) is 4.63. The van der Waals surface area contributed by atoms with E-state index in [1.54, 1.807) is 0 Å². The minimum absolute atomic E-state index is 0.415. The van der Waals surface area contributed by atoms with Crippen LogP contribution in [0.5, 0.6) is 0 Å². The van der Waals surface area contributed by atoms with Crippen molar-refractivity contribution in [3.05, 3.63) is 0 Å². The van der Waals surface area contributed by atoms with Crippen molar-refractivity contribution in [1.29, 1.82) is 0 Å². The molecule has 0 aliphatic heterocycles. The molecule has 1 atom stereocenters. The van der Waals surface area contributed by atoms with E-state index in [0.717, 1.165) is 38.5 Å². The molecule has 0 fully saturated rings. The molecule has 0 N–H and O–H groups in total. The van der Waals surface area contributed by atoms with Crippen LogP contribution in [-0.2, 0) is 5.11 Å². The predicted molar refractivity (Wildman–Crippen MR) is 89.6 cm³/mol. The Hall–Kier alpha value is -0.0400. The zero-order valence-electron chi connectivity index (χ0n) is 14.7. The van der Waals surface area contributed by atoms with E-state index in [1.807, 2.05) is 0 Å². The van der Waals surface area contributed by atoms with Crippen molar-refractivity contribution in [3.63, 3.8) is 0 Å². The molecule has 0 heterocycles. The average Bonchev–Trinajstić information content (AvgIpc) is 2.42. The lowest BCUT2D eigenvalue weighted by Crippen LogP contribution is -2.36. The molecule has 0 aromatic heterocycles. The van der Waals surface area contributed by atoms with Crippen LogP contribution in [0.4, 0.5) is 0 Å². The Balaban J connectivity index is 4.22. The second-order valence-corrected chi connectivity index (χ2v) is 6.61.